The van der Waals surface area contributed by atoms with E-state index in [0.717, 1.165) is 6.42 Å². The molecule has 1 unspecified atom stereocenters. The maximum Gasteiger partial charge on any atom is 0.213 e. The Balaban J connectivity index is 2.31. The van der Waals surface area contributed by atoms with E-state index in [2.05, 4.69) is 30.0 Å². The summed E-state index contributed by atoms with van der Waals surface area (Å²) in [5.74, 6) is 0.371. The van der Waals surface area contributed by atoms with E-state index < -0.39 is 0 Å². The van der Waals surface area contributed by atoms with Crippen molar-refractivity contribution in [2.24, 2.45) is 0 Å². The predicted octanol–water partition coefficient (Wildman–Crippen LogP) is 2.84. The van der Waals surface area contributed by atoms with E-state index >= 15 is 0 Å². The van der Waals surface area contributed by atoms with Gasteiger partial charge in [0.1, 0.15) is 6.07 Å². The Hall–Kier alpha value is -1.95. The van der Waals surface area contributed by atoms with Crippen LogP contribution >= 0.6 is 0 Å². The lowest BCUT2D eigenvalue weighted by Crippen LogP contribution is -2.24. The molecule has 3 heteroatoms. The Morgan fingerprint density at radius 3 is 3.06 bits per heavy atom. The average molecular weight is 228 g/mol. The number of nitrogens with zero attached hydrogens (tertiary/aromatic N) is 2. The molecule has 0 amide bonds. The fourth-order valence-corrected chi connectivity index (χ4v) is 2.17. The van der Waals surface area contributed by atoms with E-state index in [1.54, 1.807) is 6.20 Å². The third kappa shape index (κ3) is 2.26. The van der Waals surface area contributed by atoms with Gasteiger partial charge in [-0.1, -0.05) is 18.2 Å². The molecule has 1 heterocycles. The summed E-state index contributed by atoms with van der Waals surface area (Å²) in [6.45, 7) is 4.55. The zero-order chi connectivity index (χ0) is 12.3. The summed E-state index contributed by atoms with van der Waals surface area (Å²) in [6, 6.07) is 10.7. The Morgan fingerprint density at radius 1 is 1.59 bits per heavy atom. The second-order valence-corrected chi connectivity index (χ2v) is 4.13. The maximum atomic E-state index is 8.98. The van der Waals surface area contributed by atoms with E-state index in [9.17, 15) is 0 Å². The third-order valence-electron chi connectivity index (χ3n) is 2.93. The molecule has 1 atom stereocenters. The number of nitriles is 1. The van der Waals surface area contributed by atoms with Gasteiger partial charge >= 0.3 is 0 Å². The highest BCUT2D eigenvalue weighted by molar-refractivity contribution is 5.61. The molecule has 0 saturated heterocycles. The van der Waals surface area contributed by atoms with Crippen molar-refractivity contribution in [3.8, 4) is 6.07 Å². The van der Waals surface area contributed by atoms with E-state index in [0.29, 0.717) is 18.4 Å². The molecule has 0 N–H and O–H groups in total. The highest BCUT2D eigenvalue weighted by Gasteiger charge is 2.24. The van der Waals surface area contributed by atoms with E-state index in [1.165, 1.54) is 11.3 Å². The molecule has 88 valence electrons. The van der Waals surface area contributed by atoms with Gasteiger partial charge < -0.3 is 9.64 Å². The Morgan fingerprint density at radius 2 is 2.35 bits per heavy atom. The molecule has 0 spiro atoms. The van der Waals surface area contributed by atoms with Crippen LogP contribution in [0.3, 0.4) is 0 Å². The van der Waals surface area contributed by atoms with Crippen molar-refractivity contribution in [1.29, 1.82) is 5.26 Å². The largest absolute Gasteiger partial charge is 0.483 e. The molecule has 3 nitrogen and oxygen atoms in total. The lowest BCUT2D eigenvalue weighted by atomic mass is 10.1. The summed E-state index contributed by atoms with van der Waals surface area (Å²) >= 11 is 0. The molecule has 0 radical (unpaired) electrons. The molecule has 0 saturated carbocycles. The molecule has 0 aromatic heterocycles. The highest BCUT2D eigenvalue weighted by atomic mass is 16.5. The molecule has 1 aromatic rings. The monoisotopic (exact) mass is 228 g/mol. The molecule has 17 heavy (non-hydrogen) atoms. The minimum Gasteiger partial charge on any atom is -0.483 e. The summed E-state index contributed by atoms with van der Waals surface area (Å²) in [4.78, 5) is 2.11. The summed E-state index contributed by atoms with van der Waals surface area (Å²) in [5.41, 5.74) is 2.50. The number of hydrogen-bond donors (Lipinski definition) is 0. The number of rotatable bonds is 3. The standard InChI is InChI=1S/C14H16N2O/c1-3-17-13(9-15)10-16-11(2)8-12-6-4-5-7-14(12)16/h4-7,10-11H,3,8H2,1-2H3. The quantitative estimate of drug-likeness (QED) is 0.589. The smallest absolute Gasteiger partial charge is 0.213 e. The number of ether oxygens (including phenoxy) is 1. The van der Waals surface area contributed by atoms with E-state index in [4.69, 9.17) is 10.00 Å². The Bertz CT molecular complexity index is 473. The van der Waals surface area contributed by atoms with Crippen molar-refractivity contribution in [1.82, 2.24) is 0 Å². The molecule has 0 fully saturated rings. The van der Waals surface area contributed by atoms with Crippen LogP contribution in [-0.4, -0.2) is 12.6 Å². The van der Waals surface area contributed by atoms with Crippen molar-refractivity contribution < 1.29 is 4.74 Å². The van der Waals surface area contributed by atoms with Crippen LogP contribution in [-0.2, 0) is 11.2 Å². The van der Waals surface area contributed by atoms with Gasteiger partial charge in [-0.3, -0.25) is 0 Å². The first-order chi connectivity index (χ1) is 8.26. The summed E-state index contributed by atoms with van der Waals surface area (Å²) < 4.78 is 5.27. The fraction of sp³-hybridized carbons (Fsp3) is 0.357. The van der Waals surface area contributed by atoms with Crippen molar-refractivity contribution in [2.75, 3.05) is 11.5 Å². The van der Waals surface area contributed by atoms with Crippen molar-refractivity contribution in [3.63, 3.8) is 0 Å². The fourth-order valence-electron chi connectivity index (χ4n) is 2.17. The van der Waals surface area contributed by atoms with Crippen LogP contribution in [0.15, 0.2) is 36.2 Å². The first-order valence-electron chi connectivity index (χ1n) is 5.87. The van der Waals surface area contributed by atoms with Gasteiger partial charge in [0.2, 0.25) is 5.76 Å². The van der Waals surface area contributed by atoms with Crippen LogP contribution in [0.25, 0.3) is 0 Å². The highest BCUT2D eigenvalue weighted by Crippen LogP contribution is 2.32. The number of anilines is 1. The van der Waals surface area contributed by atoms with Crippen molar-refractivity contribution >= 4 is 5.69 Å². The van der Waals surface area contributed by atoms with Gasteiger partial charge in [-0.05, 0) is 31.9 Å². The zero-order valence-corrected chi connectivity index (χ0v) is 10.2. The lowest BCUT2D eigenvalue weighted by molar-refractivity contribution is 0.244. The maximum absolute atomic E-state index is 8.98. The van der Waals surface area contributed by atoms with Crippen LogP contribution in [0, 0.1) is 11.3 Å². The summed E-state index contributed by atoms with van der Waals surface area (Å²) in [7, 11) is 0. The molecule has 1 aromatic carbocycles. The SMILES string of the molecule is CCOC(C#N)=CN1c2ccccc2CC1C. The molecule has 0 bridgehead atoms. The van der Waals surface area contributed by atoms with E-state index in [1.807, 2.05) is 19.1 Å². The van der Waals surface area contributed by atoms with Gasteiger partial charge in [0.25, 0.3) is 0 Å². The number of fused-ring (bicyclic) bond motifs is 1. The predicted molar refractivity (Wildman–Crippen MR) is 67.4 cm³/mol. The minimum absolute atomic E-state index is 0.371. The average Bonchev–Trinajstić information content (AvgIpc) is 2.65. The van der Waals surface area contributed by atoms with E-state index in [-0.39, 0.29) is 0 Å². The summed E-state index contributed by atoms with van der Waals surface area (Å²) in [6.07, 6.45) is 2.82. The molecule has 2 rings (SSSR count). The molecule has 1 aliphatic heterocycles. The summed E-state index contributed by atoms with van der Waals surface area (Å²) in [5, 5.41) is 8.98. The Labute approximate surface area is 102 Å². The minimum atomic E-state index is 0.371. The Kier molecular flexibility index (Phi) is 3.34. The molecule has 0 aliphatic carbocycles. The number of benzene rings is 1. The van der Waals surface area contributed by atoms with Gasteiger partial charge in [0.05, 0.1) is 12.8 Å². The molecule has 1 aliphatic rings. The molecular weight excluding hydrogens is 212 g/mol. The van der Waals surface area contributed by atoms with Gasteiger partial charge in [-0.25, -0.2) is 0 Å². The van der Waals surface area contributed by atoms with Gasteiger partial charge in [0.15, 0.2) is 0 Å². The van der Waals surface area contributed by atoms with Gasteiger partial charge in [-0.15, -0.1) is 0 Å². The van der Waals surface area contributed by atoms with Gasteiger partial charge in [-0.2, -0.15) is 5.26 Å². The zero-order valence-electron chi connectivity index (χ0n) is 10.2. The number of hydrogen-bond acceptors (Lipinski definition) is 3. The molecular formula is C14H16N2O. The van der Waals surface area contributed by atoms with Crippen LogP contribution in [0.1, 0.15) is 19.4 Å². The van der Waals surface area contributed by atoms with Crippen molar-refractivity contribution in [3.05, 3.63) is 41.8 Å². The second kappa shape index (κ2) is 4.92. The number of allylic oxidation sites excluding steroid dienone is 1. The first-order valence-corrected chi connectivity index (χ1v) is 5.87. The number of para-hydroxylation sites is 1. The lowest BCUT2D eigenvalue weighted by Gasteiger charge is -2.20. The first kappa shape index (κ1) is 11.5. The van der Waals surface area contributed by atoms with Crippen molar-refractivity contribution in [2.45, 2.75) is 26.3 Å². The van der Waals surface area contributed by atoms with Crippen LogP contribution in [0.2, 0.25) is 0 Å². The topological polar surface area (TPSA) is 36.3 Å². The van der Waals surface area contributed by atoms with Gasteiger partial charge in [0, 0.05) is 11.7 Å². The van der Waals surface area contributed by atoms with Crippen LogP contribution < -0.4 is 4.90 Å². The third-order valence-corrected chi connectivity index (χ3v) is 2.93. The van der Waals surface area contributed by atoms with Crippen LogP contribution in [0.4, 0.5) is 5.69 Å². The van der Waals surface area contributed by atoms with Crippen LogP contribution in [0.5, 0.6) is 0 Å². The second-order valence-electron chi connectivity index (χ2n) is 4.13. The normalized spacial score (nSPS) is 18.8.